The zero-order chi connectivity index (χ0) is 16.2. The van der Waals surface area contributed by atoms with Crippen molar-refractivity contribution in [1.82, 2.24) is 0 Å². The normalized spacial score (nSPS) is 9.48. The van der Waals surface area contributed by atoms with E-state index in [0.717, 1.165) is 36.8 Å². The van der Waals surface area contributed by atoms with Crippen LogP contribution in [-0.4, -0.2) is 11.6 Å². The molecular formula is C20H26FeO2-6. The average Bonchev–Trinajstić information content (AvgIpc) is 3.23. The third-order valence-corrected chi connectivity index (χ3v) is 3.48. The number of rotatable bonds is 8. The minimum absolute atomic E-state index is 0. The van der Waals surface area contributed by atoms with E-state index in [1.165, 1.54) is 0 Å². The Morgan fingerprint density at radius 3 is 1.83 bits per heavy atom. The van der Waals surface area contributed by atoms with Crippen LogP contribution in [0.5, 0.6) is 0 Å². The molecule has 0 fully saturated rings. The molecular weight excluding hydrogens is 328 g/mol. The number of hydrogen-bond donors (Lipinski definition) is 0. The number of hydrogen-bond acceptors (Lipinski definition) is 2. The topological polar surface area (TPSA) is 34.1 Å². The Morgan fingerprint density at radius 1 is 0.870 bits per heavy atom. The Bertz CT molecular complexity index is 474. The molecule has 0 aliphatic heterocycles. The van der Waals surface area contributed by atoms with E-state index in [9.17, 15) is 9.59 Å². The van der Waals surface area contributed by atoms with Gasteiger partial charge < -0.3 is 39.4 Å². The van der Waals surface area contributed by atoms with Crippen LogP contribution < -0.4 is 0 Å². The van der Waals surface area contributed by atoms with Gasteiger partial charge in [0.2, 0.25) is 0 Å². The summed E-state index contributed by atoms with van der Waals surface area (Å²) in [6, 6.07) is 15.1. The maximum atomic E-state index is 11.3. The van der Waals surface area contributed by atoms with Crippen molar-refractivity contribution in [3.05, 3.63) is 59.7 Å². The maximum absolute atomic E-state index is 11.3. The van der Waals surface area contributed by atoms with E-state index in [2.05, 4.69) is 13.8 Å². The van der Waals surface area contributed by atoms with Crippen LogP contribution in [0.1, 0.15) is 73.1 Å². The molecule has 0 bridgehead atoms. The molecule has 0 N–H and O–H groups in total. The molecule has 0 amide bonds. The Hall–Kier alpha value is -1.44. The second-order valence-corrected chi connectivity index (χ2v) is 5.40. The number of Topliss-reactive ketones (excluding diaryl/α,β-unsaturated/α-hetero) is 2. The summed E-state index contributed by atoms with van der Waals surface area (Å²) in [5, 5.41) is 0. The molecule has 0 aromatic heterocycles. The van der Waals surface area contributed by atoms with Crippen LogP contribution in [0, 0.1) is 0 Å². The van der Waals surface area contributed by atoms with Crippen LogP contribution in [-0.2, 0) is 17.1 Å². The summed E-state index contributed by atoms with van der Waals surface area (Å²) >= 11 is 0. The molecule has 132 valence electrons. The molecule has 0 heterocycles. The molecule has 0 radical (unpaired) electrons. The van der Waals surface area contributed by atoms with Gasteiger partial charge in [-0.1, -0.05) is 38.7 Å². The van der Waals surface area contributed by atoms with Crippen LogP contribution in [0.3, 0.4) is 0 Å². The molecule has 0 spiro atoms. The molecule has 0 atom stereocenters. The van der Waals surface area contributed by atoms with E-state index in [-0.39, 0.29) is 28.6 Å². The second kappa shape index (κ2) is 13.0. The van der Waals surface area contributed by atoms with Gasteiger partial charge in [-0.2, -0.15) is 12.1 Å². The second-order valence-electron chi connectivity index (χ2n) is 5.40. The first-order valence-electron chi connectivity index (χ1n) is 8.18. The fraction of sp³-hybridized carbons (Fsp3) is 0.400. The van der Waals surface area contributed by atoms with Crippen molar-refractivity contribution in [2.45, 2.75) is 52.4 Å². The van der Waals surface area contributed by atoms with Gasteiger partial charge in [-0.15, -0.1) is 6.42 Å². The van der Waals surface area contributed by atoms with Gasteiger partial charge in [0.15, 0.2) is 0 Å². The van der Waals surface area contributed by atoms with Crippen LogP contribution >= 0.6 is 0 Å². The number of ketones is 2. The Kier molecular flexibility index (Phi) is 12.2. The molecule has 0 saturated carbocycles. The molecule has 2 aromatic rings. The molecule has 0 saturated heterocycles. The molecule has 2 nitrogen and oxygen atoms in total. The molecule has 0 aliphatic carbocycles. The van der Waals surface area contributed by atoms with Crippen LogP contribution in [0.15, 0.2) is 48.5 Å². The zero-order valence-corrected chi connectivity index (χ0v) is 15.1. The zero-order valence-electron chi connectivity index (χ0n) is 14.0. The van der Waals surface area contributed by atoms with E-state index < -0.39 is 0 Å². The van der Waals surface area contributed by atoms with Gasteiger partial charge in [-0.05, 0) is 12.8 Å². The Morgan fingerprint density at radius 2 is 1.35 bits per heavy atom. The van der Waals surface area contributed by atoms with Gasteiger partial charge in [0, 0.05) is 17.1 Å². The average molecular weight is 354 g/mol. The minimum Gasteiger partial charge on any atom is -0.718 e. The summed E-state index contributed by atoms with van der Waals surface area (Å²) in [6.45, 7) is 4.19. The van der Waals surface area contributed by atoms with Crippen molar-refractivity contribution in [3.63, 3.8) is 0 Å². The third kappa shape index (κ3) is 8.68. The van der Waals surface area contributed by atoms with Crippen molar-refractivity contribution in [2.75, 3.05) is 0 Å². The van der Waals surface area contributed by atoms with Crippen LogP contribution in [0.25, 0.3) is 0 Å². The van der Waals surface area contributed by atoms with Crippen molar-refractivity contribution >= 4 is 11.6 Å². The van der Waals surface area contributed by atoms with E-state index in [1.54, 1.807) is 0 Å². The first-order valence-corrected chi connectivity index (χ1v) is 8.18. The largest absolute Gasteiger partial charge is 0.718 e. The van der Waals surface area contributed by atoms with Gasteiger partial charge in [0.1, 0.15) is 5.78 Å². The van der Waals surface area contributed by atoms with Crippen LogP contribution in [0.4, 0.5) is 0 Å². The molecule has 2 rings (SSSR count). The molecule has 0 aliphatic rings. The summed E-state index contributed by atoms with van der Waals surface area (Å²) in [5.74, 6) is 0.550. The van der Waals surface area contributed by atoms with Gasteiger partial charge in [-0.3, -0.25) is 5.78 Å². The SMILES string of the molecule is CCCCC(=O)[c-]1[cH-][cH-][cH-][cH-]1.CCCCC(=O)[c-]1cccc1.[Fe]. The summed E-state index contributed by atoms with van der Waals surface area (Å²) in [5.41, 5.74) is 1.72. The summed E-state index contributed by atoms with van der Waals surface area (Å²) in [4.78, 5) is 22.5. The summed E-state index contributed by atoms with van der Waals surface area (Å²) in [6.07, 6.45) is 5.58. The molecule has 23 heavy (non-hydrogen) atoms. The summed E-state index contributed by atoms with van der Waals surface area (Å²) in [7, 11) is 0. The van der Waals surface area contributed by atoms with Gasteiger partial charge in [0.05, 0.1) is 0 Å². The predicted molar refractivity (Wildman–Crippen MR) is 91.8 cm³/mol. The predicted octanol–water partition coefficient (Wildman–Crippen LogP) is 5.55. The quantitative estimate of drug-likeness (QED) is 0.354. The minimum atomic E-state index is 0. The van der Waals surface area contributed by atoms with Crippen molar-refractivity contribution < 1.29 is 26.7 Å². The van der Waals surface area contributed by atoms with Crippen molar-refractivity contribution in [1.29, 1.82) is 0 Å². The van der Waals surface area contributed by atoms with Gasteiger partial charge in [0.25, 0.3) is 0 Å². The fourth-order valence-electron chi connectivity index (χ4n) is 2.08. The Balaban J connectivity index is 0.000000403. The standard InChI is InChI=1S/2C10H13O.Fe/c2*1-2-3-8-10(11)9-6-4-5-7-9;/h2*4-7H,2-3,8H2,1H3;/q-5;-1;. The van der Waals surface area contributed by atoms with E-state index >= 15 is 0 Å². The Labute approximate surface area is 150 Å². The monoisotopic (exact) mass is 354 g/mol. The van der Waals surface area contributed by atoms with Gasteiger partial charge in [-0.25, -0.2) is 12.1 Å². The third-order valence-electron chi connectivity index (χ3n) is 3.48. The molecule has 2 aromatic carbocycles. The number of carbonyl (C=O) groups is 2. The van der Waals surface area contributed by atoms with E-state index in [0.29, 0.717) is 12.8 Å². The number of unbranched alkanes of at least 4 members (excludes halogenated alkanes) is 2. The smallest absolute Gasteiger partial charge is 0.108 e. The van der Waals surface area contributed by atoms with Crippen molar-refractivity contribution in [2.24, 2.45) is 0 Å². The summed E-state index contributed by atoms with van der Waals surface area (Å²) < 4.78 is 0. The molecule has 0 unspecified atom stereocenters. The number of carbonyl (C=O) groups excluding carboxylic acids is 2. The first kappa shape index (κ1) is 21.6. The maximum Gasteiger partial charge on any atom is 0.108 e. The van der Waals surface area contributed by atoms with E-state index in [1.807, 2.05) is 48.5 Å². The first-order chi connectivity index (χ1) is 10.7. The van der Waals surface area contributed by atoms with Crippen molar-refractivity contribution in [3.8, 4) is 0 Å². The van der Waals surface area contributed by atoms with Crippen LogP contribution in [0.2, 0.25) is 0 Å². The van der Waals surface area contributed by atoms with Gasteiger partial charge >= 0.3 is 0 Å². The fourth-order valence-corrected chi connectivity index (χ4v) is 2.08. The molecule has 3 heteroatoms. The van der Waals surface area contributed by atoms with E-state index in [4.69, 9.17) is 0 Å².